The van der Waals surface area contributed by atoms with Crippen LogP contribution in [0.2, 0.25) is 0 Å². The first-order chi connectivity index (χ1) is 12.4. The zero-order chi connectivity index (χ0) is 18.7. The van der Waals surface area contributed by atoms with Crippen molar-refractivity contribution >= 4 is 29.5 Å². The molecule has 0 radical (unpaired) electrons. The van der Waals surface area contributed by atoms with Crippen molar-refractivity contribution in [1.82, 2.24) is 10.2 Å². The van der Waals surface area contributed by atoms with E-state index in [4.69, 9.17) is 4.74 Å². The number of fused-ring (bicyclic) bond motifs is 1. The first-order valence-corrected chi connectivity index (χ1v) is 9.51. The van der Waals surface area contributed by atoms with Gasteiger partial charge in [0.25, 0.3) is 5.91 Å². The quantitative estimate of drug-likeness (QED) is 0.757. The van der Waals surface area contributed by atoms with Gasteiger partial charge in [-0.3, -0.25) is 9.59 Å². The first kappa shape index (κ1) is 18.7. The molecule has 2 aliphatic rings. The Kier molecular flexibility index (Phi) is 5.50. The molecule has 8 heteroatoms. The van der Waals surface area contributed by atoms with E-state index in [1.54, 1.807) is 28.8 Å². The van der Waals surface area contributed by atoms with Gasteiger partial charge in [-0.25, -0.2) is 9.18 Å². The van der Waals surface area contributed by atoms with Crippen molar-refractivity contribution in [2.75, 3.05) is 18.9 Å². The van der Waals surface area contributed by atoms with Crippen molar-refractivity contribution in [3.05, 3.63) is 35.6 Å². The fourth-order valence-electron chi connectivity index (χ4n) is 3.28. The summed E-state index contributed by atoms with van der Waals surface area (Å²) in [5.74, 6) is -0.787. The number of nitrogens with one attached hydrogen (secondary N) is 1. The second kappa shape index (κ2) is 7.65. The number of rotatable bonds is 6. The zero-order valence-corrected chi connectivity index (χ0v) is 15.3. The van der Waals surface area contributed by atoms with E-state index in [1.807, 2.05) is 6.92 Å². The molecule has 1 N–H and O–H groups in total. The molecule has 2 fully saturated rings. The Bertz CT molecular complexity index is 712. The van der Waals surface area contributed by atoms with E-state index < -0.39 is 17.9 Å². The SMILES string of the molecule is C[C@]12CCC(=O)N1[C@H](C(=O)OCC(=O)NCCc1ccc(F)cc1)CS2. The highest BCUT2D eigenvalue weighted by molar-refractivity contribution is 8.01. The van der Waals surface area contributed by atoms with Crippen molar-refractivity contribution < 1.29 is 23.5 Å². The summed E-state index contributed by atoms with van der Waals surface area (Å²) >= 11 is 1.58. The summed E-state index contributed by atoms with van der Waals surface area (Å²) in [5, 5.41) is 2.66. The Morgan fingerprint density at radius 2 is 2.12 bits per heavy atom. The molecule has 0 aromatic heterocycles. The summed E-state index contributed by atoms with van der Waals surface area (Å²) in [6.07, 6.45) is 1.72. The molecule has 1 aromatic rings. The van der Waals surface area contributed by atoms with Gasteiger partial charge in [-0.05, 0) is 37.5 Å². The number of hydrogen-bond acceptors (Lipinski definition) is 5. The Balaban J connectivity index is 1.41. The smallest absolute Gasteiger partial charge is 0.330 e. The van der Waals surface area contributed by atoms with Gasteiger partial charge in [0.1, 0.15) is 11.9 Å². The molecule has 0 aliphatic carbocycles. The van der Waals surface area contributed by atoms with E-state index >= 15 is 0 Å². The van der Waals surface area contributed by atoms with Gasteiger partial charge in [-0.2, -0.15) is 0 Å². The minimum Gasteiger partial charge on any atom is -0.454 e. The van der Waals surface area contributed by atoms with Gasteiger partial charge in [0, 0.05) is 18.7 Å². The van der Waals surface area contributed by atoms with Crippen LogP contribution in [0, 0.1) is 5.82 Å². The number of hydrogen-bond donors (Lipinski definition) is 1. The topological polar surface area (TPSA) is 75.7 Å². The lowest BCUT2D eigenvalue weighted by Crippen LogP contribution is -2.47. The summed E-state index contributed by atoms with van der Waals surface area (Å²) in [6, 6.07) is 5.43. The molecule has 26 heavy (non-hydrogen) atoms. The summed E-state index contributed by atoms with van der Waals surface area (Å²) in [7, 11) is 0. The largest absolute Gasteiger partial charge is 0.454 e. The van der Waals surface area contributed by atoms with Crippen molar-refractivity contribution in [3.8, 4) is 0 Å². The van der Waals surface area contributed by atoms with Crippen molar-refractivity contribution in [1.29, 1.82) is 0 Å². The third kappa shape index (κ3) is 4.00. The molecular formula is C18H21FN2O4S. The fourth-order valence-corrected chi connectivity index (χ4v) is 4.69. The summed E-state index contributed by atoms with van der Waals surface area (Å²) in [6.45, 7) is 1.95. The lowest BCUT2D eigenvalue weighted by molar-refractivity contribution is -0.156. The van der Waals surface area contributed by atoms with Gasteiger partial charge >= 0.3 is 5.97 Å². The second-order valence-electron chi connectivity index (χ2n) is 6.60. The van der Waals surface area contributed by atoms with Crippen LogP contribution < -0.4 is 5.32 Å². The molecule has 3 rings (SSSR count). The van der Waals surface area contributed by atoms with Crippen molar-refractivity contribution in [3.63, 3.8) is 0 Å². The molecular weight excluding hydrogens is 359 g/mol. The zero-order valence-electron chi connectivity index (χ0n) is 14.5. The first-order valence-electron chi connectivity index (χ1n) is 8.53. The number of ether oxygens (including phenoxy) is 1. The number of carbonyl (C=O) groups is 3. The number of halogens is 1. The average molecular weight is 380 g/mol. The lowest BCUT2D eigenvalue weighted by Gasteiger charge is -2.29. The van der Waals surface area contributed by atoms with Gasteiger partial charge in [-0.1, -0.05) is 12.1 Å². The summed E-state index contributed by atoms with van der Waals surface area (Å²) in [5.41, 5.74) is 0.901. The van der Waals surface area contributed by atoms with Crippen LogP contribution in [0.4, 0.5) is 4.39 Å². The molecule has 0 bridgehead atoms. The van der Waals surface area contributed by atoms with Crippen LogP contribution in [0.25, 0.3) is 0 Å². The van der Waals surface area contributed by atoms with E-state index in [-0.39, 0.29) is 23.2 Å². The normalized spacial score (nSPS) is 24.5. The van der Waals surface area contributed by atoms with Gasteiger partial charge < -0.3 is 15.0 Å². The number of thioether (sulfide) groups is 1. The van der Waals surface area contributed by atoms with Crippen LogP contribution in [-0.2, 0) is 25.5 Å². The Hall–Kier alpha value is -2.09. The molecule has 2 saturated heterocycles. The van der Waals surface area contributed by atoms with Crippen LogP contribution in [0.1, 0.15) is 25.3 Å². The summed E-state index contributed by atoms with van der Waals surface area (Å²) in [4.78, 5) is 37.4. The number of esters is 1. The second-order valence-corrected chi connectivity index (χ2v) is 8.10. The molecule has 2 heterocycles. The Labute approximate surface area is 155 Å². The Morgan fingerprint density at radius 1 is 1.38 bits per heavy atom. The minimum absolute atomic E-state index is 0.0387. The lowest BCUT2D eigenvalue weighted by atomic mass is 10.1. The van der Waals surface area contributed by atoms with Crippen LogP contribution in [0.5, 0.6) is 0 Å². The third-order valence-corrected chi connectivity index (χ3v) is 6.22. The predicted molar refractivity (Wildman–Crippen MR) is 94.8 cm³/mol. The fraction of sp³-hybridized carbons (Fsp3) is 0.500. The highest BCUT2D eigenvalue weighted by Crippen LogP contribution is 2.47. The maximum Gasteiger partial charge on any atom is 0.330 e. The molecule has 1 aromatic carbocycles. The molecule has 2 aliphatic heterocycles. The molecule has 0 unspecified atom stereocenters. The molecule has 140 valence electrons. The summed E-state index contributed by atoms with van der Waals surface area (Å²) < 4.78 is 17.9. The third-order valence-electron chi connectivity index (χ3n) is 4.71. The number of nitrogens with zero attached hydrogens (tertiary/aromatic N) is 1. The maximum absolute atomic E-state index is 12.8. The van der Waals surface area contributed by atoms with Gasteiger partial charge in [0.05, 0.1) is 4.87 Å². The van der Waals surface area contributed by atoms with Gasteiger partial charge in [0.15, 0.2) is 6.61 Å². The standard InChI is InChI=1S/C18H21FN2O4S/c1-18-8-6-16(23)21(18)14(11-26-18)17(24)25-10-15(22)20-9-7-12-2-4-13(19)5-3-12/h2-5,14H,6-11H2,1H3,(H,20,22)/t14-,18-/m0/s1. The predicted octanol–water partition coefficient (Wildman–Crippen LogP) is 1.48. The Morgan fingerprint density at radius 3 is 2.85 bits per heavy atom. The molecule has 0 saturated carbocycles. The van der Waals surface area contributed by atoms with Gasteiger partial charge in [-0.15, -0.1) is 11.8 Å². The van der Waals surface area contributed by atoms with E-state index in [0.29, 0.717) is 25.1 Å². The maximum atomic E-state index is 12.8. The van der Waals surface area contributed by atoms with Crippen molar-refractivity contribution in [2.24, 2.45) is 0 Å². The van der Waals surface area contributed by atoms with Gasteiger partial charge in [0.2, 0.25) is 5.91 Å². The van der Waals surface area contributed by atoms with E-state index in [0.717, 1.165) is 12.0 Å². The minimum atomic E-state index is -0.619. The molecule has 0 spiro atoms. The van der Waals surface area contributed by atoms with E-state index in [1.165, 1.54) is 12.1 Å². The number of amides is 2. The van der Waals surface area contributed by atoms with Crippen LogP contribution in [-0.4, -0.2) is 52.5 Å². The average Bonchev–Trinajstić information content (AvgIpc) is 3.11. The molecule has 2 atom stereocenters. The number of carbonyl (C=O) groups excluding carboxylic acids is 3. The highest BCUT2D eigenvalue weighted by atomic mass is 32.2. The monoisotopic (exact) mass is 380 g/mol. The molecule has 2 amide bonds. The van der Waals surface area contributed by atoms with Crippen LogP contribution in [0.3, 0.4) is 0 Å². The van der Waals surface area contributed by atoms with Crippen LogP contribution in [0.15, 0.2) is 24.3 Å². The highest BCUT2D eigenvalue weighted by Gasteiger charge is 2.53. The van der Waals surface area contributed by atoms with E-state index in [2.05, 4.69) is 5.32 Å². The van der Waals surface area contributed by atoms with Crippen LogP contribution >= 0.6 is 11.8 Å². The number of benzene rings is 1. The molecule has 6 nitrogen and oxygen atoms in total. The van der Waals surface area contributed by atoms with E-state index in [9.17, 15) is 18.8 Å². The van der Waals surface area contributed by atoms with Crippen molar-refractivity contribution in [2.45, 2.75) is 37.1 Å².